The van der Waals surface area contributed by atoms with Crippen molar-refractivity contribution in [3.05, 3.63) is 107 Å². The van der Waals surface area contributed by atoms with Crippen LogP contribution in [0.5, 0.6) is 0 Å². The third-order valence-corrected chi connectivity index (χ3v) is 6.09. The van der Waals surface area contributed by atoms with Crippen molar-refractivity contribution in [1.29, 1.82) is 0 Å². The number of anilines is 1. The van der Waals surface area contributed by atoms with E-state index in [0.29, 0.717) is 34.7 Å². The number of hydrogen-bond acceptors (Lipinski definition) is 4. The molecule has 1 aromatic heterocycles. The van der Waals surface area contributed by atoms with Crippen molar-refractivity contribution < 1.29 is 4.21 Å². The number of benzene rings is 3. The van der Waals surface area contributed by atoms with Gasteiger partial charge in [-0.1, -0.05) is 72.3 Å². The summed E-state index contributed by atoms with van der Waals surface area (Å²) in [6, 6.07) is 28.8. The summed E-state index contributed by atoms with van der Waals surface area (Å²) < 4.78 is 12.9. The molecule has 6 heteroatoms. The molecule has 0 aliphatic rings. The van der Waals surface area contributed by atoms with Gasteiger partial charge in [0.2, 0.25) is 0 Å². The molecule has 0 saturated carbocycles. The van der Waals surface area contributed by atoms with Crippen LogP contribution in [-0.2, 0) is 23.1 Å². The van der Waals surface area contributed by atoms with Gasteiger partial charge < -0.3 is 5.32 Å². The van der Waals surface area contributed by atoms with Gasteiger partial charge in [-0.25, -0.2) is 9.97 Å². The molecule has 3 aromatic carbocycles. The number of hydrogen-bond donors (Lipinski definition) is 1. The highest BCUT2D eigenvalue weighted by Gasteiger charge is 2.11. The first-order valence-electron chi connectivity index (χ1n) is 9.52. The van der Waals surface area contributed by atoms with Gasteiger partial charge in [0, 0.05) is 28.1 Å². The summed E-state index contributed by atoms with van der Waals surface area (Å²) in [5.41, 5.74) is 2.79. The Bertz CT molecular complexity index is 1140. The zero-order chi connectivity index (χ0) is 20.8. The molecular weight excluding hydrogens is 414 g/mol. The van der Waals surface area contributed by atoms with E-state index in [1.54, 1.807) is 24.3 Å². The molecule has 1 heterocycles. The van der Waals surface area contributed by atoms with E-state index >= 15 is 0 Å². The van der Waals surface area contributed by atoms with Crippen molar-refractivity contribution in [3.8, 4) is 11.4 Å². The van der Waals surface area contributed by atoms with Gasteiger partial charge in [0.15, 0.2) is 5.82 Å². The molecule has 1 unspecified atom stereocenters. The summed E-state index contributed by atoms with van der Waals surface area (Å²) in [5, 5.41) is 3.99. The summed E-state index contributed by atoms with van der Waals surface area (Å²) in [5.74, 6) is 1.61. The zero-order valence-electron chi connectivity index (χ0n) is 16.2. The monoisotopic (exact) mass is 433 g/mol. The topological polar surface area (TPSA) is 54.9 Å². The maximum absolute atomic E-state index is 12.9. The van der Waals surface area contributed by atoms with Crippen LogP contribution in [0.2, 0.25) is 5.02 Å². The Hall–Kier alpha value is -3.02. The van der Waals surface area contributed by atoms with Crippen LogP contribution in [0.4, 0.5) is 5.82 Å². The summed E-state index contributed by atoms with van der Waals surface area (Å²) in [4.78, 5) is 10.1. The van der Waals surface area contributed by atoms with Gasteiger partial charge in [-0.2, -0.15) is 0 Å². The molecule has 0 aliphatic carbocycles. The summed E-state index contributed by atoms with van der Waals surface area (Å²) in [6.07, 6.45) is 0. The average molecular weight is 434 g/mol. The summed E-state index contributed by atoms with van der Waals surface area (Å²) in [7, 11) is -1.23. The van der Waals surface area contributed by atoms with E-state index in [4.69, 9.17) is 11.6 Å². The van der Waals surface area contributed by atoms with E-state index in [1.165, 1.54) is 0 Å². The third-order valence-electron chi connectivity index (χ3n) is 4.48. The molecule has 0 radical (unpaired) electrons. The third kappa shape index (κ3) is 5.32. The van der Waals surface area contributed by atoms with Crippen molar-refractivity contribution >= 4 is 28.2 Å². The minimum atomic E-state index is -1.23. The maximum atomic E-state index is 12.9. The molecule has 1 atom stereocenters. The second kappa shape index (κ2) is 9.65. The molecule has 0 aliphatic heterocycles. The van der Waals surface area contributed by atoms with Crippen molar-refractivity contribution in [1.82, 2.24) is 9.97 Å². The molecule has 0 fully saturated rings. The fourth-order valence-corrected chi connectivity index (χ4v) is 4.12. The molecule has 0 saturated heterocycles. The fraction of sp³-hybridized carbons (Fsp3) is 0.0833. The number of rotatable bonds is 7. The normalized spacial score (nSPS) is 11.8. The van der Waals surface area contributed by atoms with Crippen molar-refractivity contribution in [3.63, 3.8) is 0 Å². The molecule has 1 N–H and O–H groups in total. The molecule has 0 amide bonds. The molecule has 4 rings (SSSR count). The van der Waals surface area contributed by atoms with Gasteiger partial charge in [-0.15, -0.1) is 0 Å². The highest BCUT2D eigenvalue weighted by Crippen LogP contribution is 2.21. The van der Waals surface area contributed by atoms with Gasteiger partial charge in [-0.05, 0) is 29.8 Å². The lowest BCUT2D eigenvalue weighted by Crippen LogP contribution is -2.07. The Morgan fingerprint density at radius 3 is 2.20 bits per heavy atom. The van der Waals surface area contributed by atoms with Crippen molar-refractivity contribution in [2.75, 3.05) is 5.32 Å². The van der Waals surface area contributed by atoms with Crippen LogP contribution in [0.25, 0.3) is 11.4 Å². The van der Waals surface area contributed by atoms with Gasteiger partial charge in [0.05, 0.1) is 22.2 Å². The minimum absolute atomic E-state index is 0.296. The van der Waals surface area contributed by atoms with Crippen LogP contribution in [0.3, 0.4) is 0 Å². The van der Waals surface area contributed by atoms with Crippen LogP contribution in [0.1, 0.15) is 11.3 Å². The fourth-order valence-electron chi connectivity index (χ4n) is 2.97. The standard InChI is InChI=1S/C24H20ClN3OS/c25-20-11-13-22(14-12-20)30(29)17-21-15-23(26-16-18-7-3-1-4-8-18)28-24(27-21)19-9-5-2-6-10-19/h1-15H,16-17H2,(H,26,27,28). The Morgan fingerprint density at radius 2 is 1.50 bits per heavy atom. The lowest BCUT2D eigenvalue weighted by atomic mass is 10.2. The van der Waals surface area contributed by atoms with Crippen molar-refractivity contribution in [2.24, 2.45) is 0 Å². The largest absolute Gasteiger partial charge is 0.366 e. The number of nitrogens with zero attached hydrogens (tertiary/aromatic N) is 2. The minimum Gasteiger partial charge on any atom is -0.366 e. The van der Waals surface area contributed by atoms with Crippen LogP contribution in [-0.4, -0.2) is 14.2 Å². The molecule has 150 valence electrons. The Labute approximate surface area is 183 Å². The van der Waals surface area contributed by atoms with Gasteiger partial charge in [0.1, 0.15) is 5.82 Å². The van der Waals surface area contributed by atoms with E-state index in [-0.39, 0.29) is 0 Å². The van der Waals surface area contributed by atoms with Crippen LogP contribution in [0, 0.1) is 0 Å². The Kier molecular flexibility index (Phi) is 6.52. The molecule has 30 heavy (non-hydrogen) atoms. The highest BCUT2D eigenvalue weighted by molar-refractivity contribution is 7.84. The second-order valence-electron chi connectivity index (χ2n) is 6.72. The molecule has 0 spiro atoms. The smallest absolute Gasteiger partial charge is 0.161 e. The maximum Gasteiger partial charge on any atom is 0.161 e. The first kappa shape index (κ1) is 20.3. The van der Waals surface area contributed by atoms with E-state index in [1.807, 2.05) is 54.6 Å². The van der Waals surface area contributed by atoms with E-state index < -0.39 is 10.8 Å². The number of aromatic nitrogens is 2. The lowest BCUT2D eigenvalue weighted by Gasteiger charge is -2.11. The SMILES string of the molecule is O=S(Cc1cc(NCc2ccccc2)nc(-c2ccccc2)n1)c1ccc(Cl)cc1. The molecular formula is C24H20ClN3OS. The predicted molar refractivity (Wildman–Crippen MR) is 123 cm³/mol. The zero-order valence-corrected chi connectivity index (χ0v) is 17.7. The molecule has 4 aromatic rings. The first-order valence-corrected chi connectivity index (χ1v) is 11.2. The highest BCUT2D eigenvalue weighted by atomic mass is 35.5. The Balaban J connectivity index is 1.61. The van der Waals surface area contributed by atoms with Crippen LogP contribution < -0.4 is 5.32 Å². The lowest BCUT2D eigenvalue weighted by molar-refractivity contribution is 0.682. The van der Waals surface area contributed by atoms with Gasteiger partial charge in [-0.3, -0.25) is 4.21 Å². The number of nitrogens with one attached hydrogen (secondary N) is 1. The van der Waals surface area contributed by atoms with Crippen LogP contribution >= 0.6 is 11.6 Å². The summed E-state index contributed by atoms with van der Waals surface area (Å²) >= 11 is 5.94. The predicted octanol–water partition coefficient (Wildman–Crippen LogP) is 5.72. The Morgan fingerprint density at radius 1 is 0.833 bits per heavy atom. The number of halogens is 1. The molecule has 4 nitrogen and oxygen atoms in total. The van der Waals surface area contributed by atoms with Crippen molar-refractivity contribution in [2.45, 2.75) is 17.2 Å². The van der Waals surface area contributed by atoms with E-state index in [9.17, 15) is 4.21 Å². The van der Waals surface area contributed by atoms with Crippen LogP contribution in [0.15, 0.2) is 95.9 Å². The second-order valence-corrected chi connectivity index (χ2v) is 8.60. The average Bonchev–Trinajstić information content (AvgIpc) is 2.79. The first-order chi connectivity index (χ1) is 14.7. The van der Waals surface area contributed by atoms with Gasteiger partial charge >= 0.3 is 0 Å². The van der Waals surface area contributed by atoms with Gasteiger partial charge in [0.25, 0.3) is 0 Å². The van der Waals surface area contributed by atoms with E-state index in [2.05, 4.69) is 27.4 Å². The molecule has 0 bridgehead atoms. The van der Waals surface area contributed by atoms with E-state index in [0.717, 1.165) is 16.0 Å². The quantitative estimate of drug-likeness (QED) is 0.405. The summed E-state index contributed by atoms with van der Waals surface area (Å²) in [6.45, 7) is 0.645.